The second-order valence-electron chi connectivity index (χ2n) is 8.56. The number of nitrogens with one attached hydrogen (secondary N) is 1. The number of carbonyl (C=O) groups is 2. The highest BCUT2D eigenvalue weighted by molar-refractivity contribution is 7.99. The zero-order valence-corrected chi connectivity index (χ0v) is 22.5. The van der Waals surface area contributed by atoms with E-state index >= 15 is 0 Å². The van der Waals surface area contributed by atoms with Crippen LogP contribution in [0.3, 0.4) is 0 Å². The van der Waals surface area contributed by atoms with Gasteiger partial charge < -0.3 is 4.57 Å². The predicted octanol–water partition coefficient (Wildman–Crippen LogP) is 6.03. The van der Waals surface area contributed by atoms with Crippen molar-refractivity contribution < 1.29 is 14.5 Å². The van der Waals surface area contributed by atoms with Crippen molar-refractivity contribution in [1.29, 1.82) is 0 Å². The van der Waals surface area contributed by atoms with Gasteiger partial charge in [-0.25, -0.2) is 0 Å². The number of amides is 2. The van der Waals surface area contributed by atoms with E-state index in [9.17, 15) is 19.7 Å². The molecular formula is C27H19ClN4O4S2. The van der Waals surface area contributed by atoms with E-state index in [0.717, 1.165) is 16.5 Å². The van der Waals surface area contributed by atoms with Gasteiger partial charge in [-0.2, -0.15) is 0 Å². The molecule has 0 unspecified atom stereocenters. The van der Waals surface area contributed by atoms with Crippen LogP contribution < -0.4 is 10.2 Å². The molecule has 1 fully saturated rings. The first kappa shape index (κ1) is 25.7. The Balaban J connectivity index is 1.67. The lowest BCUT2D eigenvalue weighted by Gasteiger charge is -2.29. The molecular weight excluding hydrogens is 544 g/mol. The number of para-hydroxylation sites is 1. The molecule has 38 heavy (non-hydrogen) atoms. The van der Waals surface area contributed by atoms with Crippen LogP contribution in [0.15, 0.2) is 82.2 Å². The van der Waals surface area contributed by atoms with Crippen LogP contribution in [0, 0.1) is 17.0 Å². The first-order chi connectivity index (χ1) is 18.2. The molecule has 190 valence electrons. The largest absolute Gasteiger partial charge is 0.338 e. The SMILES string of the molecule is Cc1ccc(Sc2c(/C=C3\C(=O)NC(=S)N(c4ccc(Cl)cc4)C3=O)c3ccccc3n2C)c([N+](=O)[O-])c1. The first-order valence-electron chi connectivity index (χ1n) is 11.3. The van der Waals surface area contributed by atoms with Crippen molar-refractivity contribution in [3.05, 3.63) is 98.6 Å². The lowest BCUT2D eigenvalue weighted by molar-refractivity contribution is -0.387. The van der Waals surface area contributed by atoms with Gasteiger partial charge in [-0.1, -0.05) is 47.6 Å². The molecule has 0 spiro atoms. The summed E-state index contributed by atoms with van der Waals surface area (Å²) in [5.74, 6) is -1.22. The third kappa shape index (κ3) is 4.58. The maximum Gasteiger partial charge on any atom is 0.283 e. The fraction of sp³-hybridized carbons (Fsp3) is 0.0741. The molecule has 1 aromatic heterocycles. The number of hydrogen-bond acceptors (Lipinski definition) is 6. The van der Waals surface area contributed by atoms with Crippen LogP contribution >= 0.6 is 35.6 Å². The van der Waals surface area contributed by atoms with Crippen LogP contribution in [0.5, 0.6) is 0 Å². The van der Waals surface area contributed by atoms with Gasteiger partial charge in [-0.15, -0.1) is 0 Å². The van der Waals surface area contributed by atoms with Crippen LogP contribution in [0.1, 0.15) is 11.1 Å². The van der Waals surface area contributed by atoms with Crippen LogP contribution in [0.4, 0.5) is 11.4 Å². The van der Waals surface area contributed by atoms with E-state index in [1.54, 1.807) is 43.3 Å². The average molecular weight is 563 g/mol. The third-order valence-electron chi connectivity index (χ3n) is 6.08. The molecule has 5 rings (SSSR count). The Kier molecular flexibility index (Phi) is 6.78. The van der Waals surface area contributed by atoms with Crippen molar-refractivity contribution in [2.45, 2.75) is 16.8 Å². The molecule has 1 aliphatic rings. The maximum atomic E-state index is 13.6. The summed E-state index contributed by atoms with van der Waals surface area (Å²) in [6.07, 6.45) is 1.52. The van der Waals surface area contributed by atoms with E-state index < -0.39 is 16.7 Å². The van der Waals surface area contributed by atoms with Gasteiger partial charge in [0.1, 0.15) is 5.57 Å². The number of halogens is 1. The minimum Gasteiger partial charge on any atom is -0.338 e. The molecule has 0 aliphatic carbocycles. The summed E-state index contributed by atoms with van der Waals surface area (Å²) < 4.78 is 1.89. The first-order valence-corrected chi connectivity index (χ1v) is 12.9. The third-order valence-corrected chi connectivity index (χ3v) is 7.87. The summed E-state index contributed by atoms with van der Waals surface area (Å²) in [5, 5.41) is 16.2. The quantitative estimate of drug-likeness (QED) is 0.105. The lowest BCUT2D eigenvalue weighted by Crippen LogP contribution is -2.54. The summed E-state index contributed by atoms with van der Waals surface area (Å²) in [4.78, 5) is 39.6. The van der Waals surface area contributed by atoms with Crippen molar-refractivity contribution in [2.24, 2.45) is 7.05 Å². The highest BCUT2D eigenvalue weighted by Gasteiger charge is 2.35. The van der Waals surface area contributed by atoms with Crippen molar-refractivity contribution in [2.75, 3.05) is 4.90 Å². The predicted molar refractivity (Wildman–Crippen MR) is 153 cm³/mol. The standard InChI is InChI=1S/C27H19ClN4O4S2/c1-15-7-12-23(22(13-15)32(35)36)38-26-19(18-5-3-4-6-21(18)30(26)2)14-20-24(33)29-27(37)31(25(20)34)17-10-8-16(28)9-11-17/h3-14H,1-2H3,(H,29,33,37)/b20-14+. The molecule has 2 heterocycles. The van der Waals surface area contributed by atoms with Gasteiger partial charge in [0.25, 0.3) is 17.5 Å². The molecule has 3 aromatic carbocycles. The van der Waals surface area contributed by atoms with Gasteiger partial charge in [0.05, 0.1) is 20.5 Å². The second kappa shape index (κ2) is 10.1. The van der Waals surface area contributed by atoms with E-state index in [4.69, 9.17) is 23.8 Å². The number of fused-ring (bicyclic) bond motifs is 1. The molecule has 8 nitrogen and oxygen atoms in total. The molecule has 1 saturated heterocycles. The highest BCUT2D eigenvalue weighted by atomic mass is 35.5. The minimum atomic E-state index is -0.629. The van der Waals surface area contributed by atoms with Crippen LogP contribution in [0.2, 0.25) is 5.02 Å². The number of thiocarbonyl (C=S) groups is 1. The Bertz CT molecular complexity index is 1700. The van der Waals surface area contributed by atoms with Crippen LogP contribution in [-0.4, -0.2) is 26.4 Å². The Hall–Kier alpha value is -3.99. The van der Waals surface area contributed by atoms with Crippen molar-refractivity contribution in [3.63, 3.8) is 0 Å². The Labute approximate surface area is 232 Å². The monoisotopic (exact) mass is 562 g/mol. The summed E-state index contributed by atoms with van der Waals surface area (Å²) in [7, 11) is 1.84. The number of anilines is 1. The van der Waals surface area contributed by atoms with Gasteiger partial charge >= 0.3 is 0 Å². The number of aromatic nitrogens is 1. The molecule has 4 aromatic rings. The Morgan fingerprint density at radius 3 is 2.50 bits per heavy atom. The zero-order chi connectivity index (χ0) is 27.1. The van der Waals surface area contributed by atoms with Crippen LogP contribution in [-0.2, 0) is 16.6 Å². The number of nitro benzene ring substituents is 1. The second-order valence-corrected chi connectivity index (χ2v) is 10.4. The number of nitro groups is 1. The number of aryl methyl sites for hydroxylation is 2. The molecule has 0 bridgehead atoms. The highest BCUT2D eigenvalue weighted by Crippen LogP contribution is 2.41. The number of carbonyl (C=O) groups excluding carboxylic acids is 2. The van der Waals surface area contributed by atoms with Gasteiger partial charge in [0.15, 0.2) is 5.11 Å². The normalized spacial score (nSPS) is 14.9. The number of hydrogen-bond donors (Lipinski definition) is 1. The maximum absolute atomic E-state index is 13.6. The summed E-state index contributed by atoms with van der Waals surface area (Å²) in [5.41, 5.74) is 2.51. The smallest absolute Gasteiger partial charge is 0.283 e. The Morgan fingerprint density at radius 2 is 1.79 bits per heavy atom. The molecule has 11 heteroatoms. The minimum absolute atomic E-state index is 0.0235. The van der Waals surface area contributed by atoms with E-state index in [1.807, 2.05) is 35.9 Å². The fourth-order valence-corrected chi connectivity index (χ4v) is 5.75. The number of nitrogens with zero attached hydrogens (tertiary/aromatic N) is 3. The van der Waals surface area contributed by atoms with Gasteiger partial charge in [-0.3, -0.25) is 29.9 Å². The molecule has 1 aliphatic heterocycles. The van der Waals surface area contributed by atoms with E-state index in [2.05, 4.69) is 5.32 Å². The molecule has 1 N–H and O–H groups in total. The van der Waals surface area contributed by atoms with Crippen molar-refractivity contribution in [3.8, 4) is 0 Å². The molecule has 0 radical (unpaired) electrons. The lowest BCUT2D eigenvalue weighted by atomic mass is 10.1. The van der Waals surface area contributed by atoms with E-state index in [1.165, 1.54) is 28.8 Å². The van der Waals surface area contributed by atoms with Gasteiger partial charge in [-0.05, 0) is 67.2 Å². The molecule has 2 amide bonds. The number of rotatable bonds is 5. The summed E-state index contributed by atoms with van der Waals surface area (Å²) >= 11 is 12.5. The Morgan fingerprint density at radius 1 is 1.08 bits per heavy atom. The average Bonchev–Trinajstić information content (AvgIpc) is 3.14. The summed E-state index contributed by atoms with van der Waals surface area (Å²) in [6.45, 7) is 1.79. The van der Waals surface area contributed by atoms with E-state index in [0.29, 0.717) is 26.2 Å². The van der Waals surface area contributed by atoms with Gasteiger partial charge in [0.2, 0.25) is 0 Å². The number of benzene rings is 3. The zero-order valence-electron chi connectivity index (χ0n) is 20.1. The summed E-state index contributed by atoms with van der Waals surface area (Å²) in [6, 6.07) is 19.1. The molecule has 0 atom stereocenters. The van der Waals surface area contributed by atoms with Crippen molar-refractivity contribution in [1.82, 2.24) is 9.88 Å². The van der Waals surface area contributed by atoms with Crippen LogP contribution in [0.25, 0.3) is 17.0 Å². The van der Waals surface area contributed by atoms with Gasteiger partial charge in [0, 0.05) is 34.6 Å². The van der Waals surface area contributed by atoms with E-state index in [-0.39, 0.29) is 16.4 Å². The topological polar surface area (TPSA) is 97.5 Å². The fourth-order valence-electron chi connectivity index (χ4n) is 4.25. The molecule has 0 saturated carbocycles. The van der Waals surface area contributed by atoms with Crippen molar-refractivity contribution >= 4 is 80.9 Å².